The first-order valence-corrected chi connectivity index (χ1v) is 10.2. The molecule has 26 heavy (non-hydrogen) atoms. The number of aromatic nitrogens is 1. The Morgan fingerprint density at radius 3 is 2.81 bits per heavy atom. The van der Waals surface area contributed by atoms with E-state index in [1.165, 1.54) is 28.4 Å². The fraction of sp³-hybridized carbons (Fsp3) is 0.474. The molecule has 0 saturated carbocycles. The molecule has 1 amide bonds. The number of methoxy groups -OCH3 is 1. The average molecular weight is 392 g/mol. The SMILES string of the molecule is COc1ccc(Cl)cc1C(=O)N1CCN(Cc2nc3c(s2)CCC3)CC1. The predicted octanol–water partition coefficient (Wildman–Crippen LogP) is 3.25. The van der Waals surface area contributed by atoms with E-state index in [1.807, 2.05) is 16.2 Å². The third kappa shape index (κ3) is 3.59. The summed E-state index contributed by atoms with van der Waals surface area (Å²) < 4.78 is 5.32. The molecule has 7 heteroatoms. The number of carbonyl (C=O) groups is 1. The maximum atomic E-state index is 12.8. The Bertz CT molecular complexity index is 794. The first kappa shape index (κ1) is 17.8. The van der Waals surface area contributed by atoms with E-state index >= 15 is 0 Å². The van der Waals surface area contributed by atoms with Gasteiger partial charge in [-0.1, -0.05) is 11.6 Å². The average Bonchev–Trinajstić information content (AvgIpc) is 3.23. The highest BCUT2D eigenvalue weighted by atomic mass is 35.5. The number of thiazole rings is 1. The zero-order valence-electron chi connectivity index (χ0n) is 14.8. The van der Waals surface area contributed by atoms with Crippen molar-refractivity contribution in [3.8, 4) is 5.75 Å². The van der Waals surface area contributed by atoms with Gasteiger partial charge in [-0.3, -0.25) is 9.69 Å². The van der Waals surface area contributed by atoms with Crippen molar-refractivity contribution in [1.29, 1.82) is 0 Å². The van der Waals surface area contributed by atoms with Crippen LogP contribution in [0.2, 0.25) is 5.02 Å². The summed E-state index contributed by atoms with van der Waals surface area (Å²) in [5.74, 6) is 0.552. The third-order valence-electron chi connectivity index (χ3n) is 5.05. The second-order valence-electron chi connectivity index (χ2n) is 6.74. The maximum absolute atomic E-state index is 12.8. The summed E-state index contributed by atoms with van der Waals surface area (Å²) >= 11 is 7.92. The molecule has 1 aliphatic heterocycles. The number of benzene rings is 1. The molecule has 1 aromatic carbocycles. The minimum absolute atomic E-state index is 0.0165. The van der Waals surface area contributed by atoms with Crippen LogP contribution in [0.15, 0.2) is 18.2 Å². The van der Waals surface area contributed by atoms with Crippen LogP contribution in [-0.2, 0) is 19.4 Å². The van der Waals surface area contributed by atoms with Crippen molar-refractivity contribution in [3.63, 3.8) is 0 Å². The molecule has 0 spiro atoms. The lowest BCUT2D eigenvalue weighted by Crippen LogP contribution is -2.48. The Kier molecular flexibility index (Phi) is 5.16. The zero-order chi connectivity index (χ0) is 18.1. The summed E-state index contributed by atoms with van der Waals surface area (Å²) in [5, 5.41) is 1.76. The van der Waals surface area contributed by atoms with Gasteiger partial charge >= 0.3 is 0 Å². The standard InChI is InChI=1S/C19H22ClN3O2S/c1-25-16-6-5-13(20)11-14(16)19(24)23-9-7-22(8-10-23)12-18-21-15-3-2-4-17(15)26-18/h5-6,11H,2-4,7-10,12H2,1H3. The Hall–Kier alpha value is -1.63. The molecule has 1 aliphatic carbocycles. The summed E-state index contributed by atoms with van der Waals surface area (Å²) in [5.41, 5.74) is 1.84. The summed E-state index contributed by atoms with van der Waals surface area (Å²) in [6.07, 6.45) is 3.58. The minimum atomic E-state index is -0.0165. The highest BCUT2D eigenvalue weighted by Crippen LogP contribution is 2.29. The normalized spacial score (nSPS) is 17.4. The molecule has 1 saturated heterocycles. The van der Waals surface area contributed by atoms with Crippen LogP contribution >= 0.6 is 22.9 Å². The van der Waals surface area contributed by atoms with E-state index in [0.717, 1.165) is 26.1 Å². The van der Waals surface area contributed by atoms with Crippen LogP contribution in [-0.4, -0.2) is 54.0 Å². The van der Waals surface area contributed by atoms with E-state index in [0.29, 0.717) is 29.4 Å². The van der Waals surface area contributed by atoms with Crippen molar-refractivity contribution in [1.82, 2.24) is 14.8 Å². The van der Waals surface area contributed by atoms with Gasteiger partial charge in [0.05, 0.1) is 24.9 Å². The van der Waals surface area contributed by atoms with Crippen molar-refractivity contribution in [2.45, 2.75) is 25.8 Å². The molecule has 0 radical (unpaired) electrons. The molecule has 2 heterocycles. The van der Waals surface area contributed by atoms with E-state index in [9.17, 15) is 4.79 Å². The number of aryl methyl sites for hydroxylation is 2. The van der Waals surface area contributed by atoms with Crippen molar-refractivity contribution in [2.75, 3.05) is 33.3 Å². The van der Waals surface area contributed by atoms with Crippen molar-refractivity contribution < 1.29 is 9.53 Å². The molecule has 0 bridgehead atoms. The molecule has 138 valence electrons. The number of amides is 1. The highest BCUT2D eigenvalue weighted by Gasteiger charge is 2.25. The van der Waals surface area contributed by atoms with Gasteiger partial charge in [0, 0.05) is 36.1 Å². The van der Waals surface area contributed by atoms with E-state index in [-0.39, 0.29) is 5.91 Å². The van der Waals surface area contributed by atoms with E-state index in [1.54, 1.807) is 25.3 Å². The van der Waals surface area contributed by atoms with Crippen LogP contribution in [0.3, 0.4) is 0 Å². The molecule has 0 unspecified atom stereocenters. The maximum Gasteiger partial charge on any atom is 0.257 e. The van der Waals surface area contributed by atoms with Gasteiger partial charge in [0.1, 0.15) is 10.8 Å². The highest BCUT2D eigenvalue weighted by molar-refractivity contribution is 7.11. The summed E-state index contributed by atoms with van der Waals surface area (Å²) in [6.45, 7) is 4.02. The lowest BCUT2D eigenvalue weighted by molar-refractivity contribution is 0.0625. The van der Waals surface area contributed by atoms with Crippen LogP contribution in [0.25, 0.3) is 0 Å². The van der Waals surface area contributed by atoms with Gasteiger partial charge < -0.3 is 9.64 Å². The Balaban J connectivity index is 1.37. The Morgan fingerprint density at radius 1 is 1.27 bits per heavy atom. The van der Waals surface area contributed by atoms with E-state index in [2.05, 4.69) is 4.90 Å². The molecule has 1 aromatic heterocycles. The number of nitrogens with zero attached hydrogens (tertiary/aromatic N) is 3. The smallest absolute Gasteiger partial charge is 0.257 e. The van der Waals surface area contributed by atoms with Crippen molar-refractivity contribution in [2.24, 2.45) is 0 Å². The van der Waals surface area contributed by atoms with Crippen molar-refractivity contribution >= 4 is 28.8 Å². The Labute approximate surface area is 162 Å². The third-order valence-corrected chi connectivity index (χ3v) is 6.43. The summed E-state index contributed by atoms with van der Waals surface area (Å²) in [7, 11) is 1.57. The van der Waals surface area contributed by atoms with E-state index in [4.69, 9.17) is 21.3 Å². The number of rotatable bonds is 4. The molecule has 4 rings (SSSR count). The monoisotopic (exact) mass is 391 g/mol. The number of hydrogen-bond acceptors (Lipinski definition) is 5. The molecule has 0 N–H and O–H groups in total. The first-order valence-electron chi connectivity index (χ1n) is 8.96. The molecule has 2 aromatic rings. The lowest BCUT2D eigenvalue weighted by Gasteiger charge is -2.34. The summed E-state index contributed by atoms with van der Waals surface area (Å²) in [4.78, 5) is 23.4. The van der Waals surface area contributed by atoms with Crippen LogP contribution in [0.5, 0.6) is 5.75 Å². The number of ether oxygens (including phenoxy) is 1. The fourth-order valence-corrected chi connectivity index (χ4v) is 5.00. The first-order chi connectivity index (χ1) is 12.6. The number of piperazine rings is 1. The second-order valence-corrected chi connectivity index (χ2v) is 8.35. The molecule has 0 atom stereocenters. The van der Waals surface area contributed by atoms with Gasteiger partial charge in [-0.25, -0.2) is 4.98 Å². The van der Waals surface area contributed by atoms with Gasteiger partial charge in [-0.2, -0.15) is 0 Å². The topological polar surface area (TPSA) is 45.7 Å². The molecule has 5 nitrogen and oxygen atoms in total. The largest absolute Gasteiger partial charge is 0.496 e. The molecular weight excluding hydrogens is 370 g/mol. The van der Waals surface area contributed by atoms with Crippen LogP contribution in [0, 0.1) is 0 Å². The number of fused-ring (bicyclic) bond motifs is 1. The second kappa shape index (κ2) is 7.55. The number of halogens is 1. The van der Waals surface area contributed by atoms with Gasteiger partial charge in [0.25, 0.3) is 5.91 Å². The minimum Gasteiger partial charge on any atom is -0.496 e. The van der Waals surface area contributed by atoms with Crippen molar-refractivity contribution in [3.05, 3.63) is 44.4 Å². The quantitative estimate of drug-likeness (QED) is 0.802. The molecule has 1 fully saturated rings. The Morgan fingerprint density at radius 2 is 2.08 bits per heavy atom. The summed E-state index contributed by atoms with van der Waals surface area (Å²) in [6, 6.07) is 5.17. The van der Waals surface area contributed by atoms with Gasteiger partial charge in [0.2, 0.25) is 0 Å². The molecular formula is C19H22ClN3O2S. The van der Waals surface area contributed by atoms with Crippen LogP contribution < -0.4 is 4.74 Å². The number of carbonyl (C=O) groups excluding carboxylic acids is 1. The molecule has 2 aliphatic rings. The van der Waals surface area contributed by atoms with Gasteiger partial charge in [-0.15, -0.1) is 11.3 Å². The van der Waals surface area contributed by atoms with Gasteiger partial charge in [-0.05, 0) is 37.5 Å². The number of hydrogen-bond donors (Lipinski definition) is 0. The van der Waals surface area contributed by atoms with Crippen LogP contribution in [0.4, 0.5) is 0 Å². The zero-order valence-corrected chi connectivity index (χ0v) is 16.4. The van der Waals surface area contributed by atoms with Crippen LogP contribution in [0.1, 0.15) is 32.4 Å². The fourth-order valence-electron chi connectivity index (χ4n) is 3.63. The van der Waals surface area contributed by atoms with Gasteiger partial charge in [0.15, 0.2) is 0 Å². The predicted molar refractivity (Wildman–Crippen MR) is 103 cm³/mol. The van der Waals surface area contributed by atoms with E-state index < -0.39 is 0 Å². The lowest BCUT2D eigenvalue weighted by atomic mass is 10.1.